The Labute approximate surface area is 128 Å². The van der Waals surface area contributed by atoms with Gasteiger partial charge in [-0.3, -0.25) is 4.90 Å². The SMILES string of the molecule is COc1cccc(CN(C)C2CC3CCC(C2)N3)c1.Cl. The third kappa shape index (κ3) is 3.46. The van der Waals surface area contributed by atoms with Crippen molar-refractivity contribution in [3.8, 4) is 5.75 Å². The van der Waals surface area contributed by atoms with E-state index in [9.17, 15) is 0 Å². The largest absolute Gasteiger partial charge is 0.497 e. The molecule has 2 fully saturated rings. The molecule has 112 valence electrons. The van der Waals surface area contributed by atoms with Crippen molar-refractivity contribution in [2.45, 2.75) is 50.4 Å². The highest BCUT2D eigenvalue weighted by Crippen LogP contribution is 2.30. The first-order valence-corrected chi connectivity index (χ1v) is 7.34. The molecular weight excluding hydrogens is 272 g/mol. The molecule has 4 heteroatoms. The number of methoxy groups -OCH3 is 1. The molecule has 2 bridgehead atoms. The smallest absolute Gasteiger partial charge is 0.119 e. The molecule has 3 nitrogen and oxygen atoms in total. The van der Waals surface area contributed by atoms with Crippen LogP contribution in [0.5, 0.6) is 5.75 Å². The summed E-state index contributed by atoms with van der Waals surface area (Å²) in [6.45, 7) is 1.02. The molecule has 0 saturated carbocycles. The Bertz CT molecular complexity index is 428. The van der Waals surface area contributed by atoms with Gasteiger partial charge < -0.3 is 10.1 Å². The first-order valence-electron chi connectivity index (χ1n) is 7.34. The predicted molar refractivity (Wildman–Crippen MR) is 84.7 cm³/mol. The van der Waals surface area contributed by atoms with Gasteiger partial charge in [-0.1, -0.05) is 12.1 Å². The number of rotatable bonds is 4. The van der Waals surface area contributed by atoms with E-state index < -0.39 is 0 Å². The maximum absolute atomic E-state index is 5.30. The van der Waals surface area contributed by atoms with Crippen molar-refractivity contribution in [2.24, 2.45) is 0 Å². The summed E-state index contributed by atoms with van der Waals surface area (Å²) in [6.07, 6.45) is 5.34. The lowest BCUT2D eigenvalue weighted by Crippen LogP contribution is -2.46. The summed E-state index contributed by atoms with van der Waals surface area (Å²) >= 11 is 0. The van der Waals surface area contributed by atoms with Gasteiger partial charge >= 0.3 is 0 Å². The molecule has 2 heterocycles. The number of nitrogens with one attached hydrogen (secondary N) is 1. The summed E-state index contributed by atoms with van der Waals surface area (Å²) in [7, 11) is 3.99. The Morgan fingerprint density at radius 3 is 2.60 bits per heavy atom. The third-order valence-electron chi connectivity index (χ3n) is 4.64. The fourth-order valence-corrected chi connectivity index (χ4v) is 3.58. The van der Waals surface area contributed by atoms with E-state index in [1.807, 2.05) is 6.07 Å². The van der Waals surface area contributed by atoms with Crippen LogP contribution in [0.2, 0.25) is 0 Å². The molecule has 2 saturated heterocycles. The molecule has 0 aliphatic carbocycles. The number of benzene rings is 1. The molecule has 0 aromatic heterocycles. The molecule has 0 amide bonds. The highest BCUT2D eigenvalue weighted by atomic mass is 35.5. The normalized spacial score (nSPS) is 28.2. The van der Waals surface area contributed by atoms with Crippen molar-refractivity contribution in [1.82, 2.24) is 10.2 Å². The average molecular weight is 297 g/mol. The lowest BCUT2D eigenvalue weighted by Gasteiger charge is -2.35. The highest BCUT2D eigenvalue weighted by molar-refractivity contribution is 5.85. The molecule has 20 heavy (non-hydrogen) atoms. The van der Waals surface area contributed by atoms with Gasteiger partial charge in [-0.25, -0.2) is 0 Å². The number of piperidine rings is 1. The fourth-order valence-electron chi connectivity index (χ4n) is 3.58. The van der Waals surface area contributed by atoms with Gasteiger partial charge in [0.05, 0.1) is 7.11 Å². The molecule has 2 atom stereocenters. The third-order valence-corrected chi connectivity index (χ3v) is 4.64. The summed E-state index contributed by atoms with van der Waals surface area (Å²) < 4.78 is 5.30. The zero-order chi connectivity index (χ0) is 13.2. The Morgan fingerprint density at radius 1 is 1.25 bits per heavy atom. The van der Waals surface area contributed by atoms with Crippen LogP contribution in [0.25, 0.3) is 0 Å². The predicted octanol–water partition coefficient (Wildman–Crippen LogP) is 2.83. The van der Waals surface area contributed by atoms with Gasteiger partial charge in [0.2, 0.25) is 0 Å². The Kier molecular flexibility index (Phi) is 5.30. The lowest BCUT2D eigenvalue weighted by atomic mass is 9.98. The number of hydrogen-bond donors (Lipinski definition) is 1. The quantitative estimate of drug-likeness (QED) is 0.925. The molecule has 2 aliphatic heterocycles. The van der Waals surface area contributed by atoms with E-state index in [0.29, 0.717) is 0 Å². The fraction of sp³-hybridized carbons (Fsp3) is 0.625. The Morgan fingerprint density at radius 2 is 1.95 bits per heavy atom. The molecule has 1 aromatic carbocycles. The zero-order valence-electron chi connectivity index (χ0n) is 12.3. The van der Waals surface area contributed by atoms with Gasteiger partial charge in [-0.15, -0.1) is 12.4 Å². The van der Waals surface area contributed by atoms with Crippen LogP contribution >= 0.6 is 12.4 Å². The number of nitrogens with zero attached hydrogens (tertiary/aromatic N) is 1. The monoisotopic (exact) mass is 296 g/mol. The van der Waals surface area contributed by atoms with Crippen LogP contribution in [0.4, 0.5) is 0 Å². The summed E-state index contributed by atoms with van der Waals surface area (Å²) in [5, 5.41) is 3.71. The summed E-state index contributed by atoms with van der Waals surface area (Å²) in [4.78, 5) is 2.51. The second-order valence-corrected chi connectivity index (χ2v) is 6.03. The van der Waals surface area contributed by atoms with Crippen LogP contribution in [0.15, 0.2) is 24.3 Å². The molecule has 0 spiro atoms. The van der Waals surface area contributed by atoms with Crippen molar-refractivity contribution in [3.05, 3.63) is 29.8 Å². The van der Waals surface area contributed by atoms with E-state index in [1.54, 1.807) is 7.11 Å². The van der Waals surface area contributed by atoms with Crippen molar-refractivity contribution in [2.75, 3.05) is 14.2 Å². The number of hydrogen-bond acceptors (Lipinski definition) is 3. The van der Waals surface area contributed by atoms with E-state index in [4.69, 9.17) is 4.74 Å². The number of fused-ring (bicyclic) bond motifs is 2. The van der Waals surface area contributed by atoms with Gasteiger partial charge in [-0.05, 0) is 50.4 Å². The Balaban J connectivity index is 0.00000147. The van der Waals surface area contributed by atoms with Gasteiger partial charge in [0, 0.05) is 24.7 Å². The molecule has 2 aliphatic rings. The Hall–Kier alpha value is -0.770. The lowest BCUT2D eigenvalue weighted by molar-refractivity contribution is 0.166. The maximum atomic E-state index is 5.30. The van der Waals surface area contributed by atoms with Gasteiger partial charge in [-0.2, -0.15) is 0 Å². The highest BCUT2D eigenvalue weighted by Gasteiger charge is 2.34. The topological polar surface area (TPSA) is 24.5 Å². The van der Waals surface area contributed by atoms with Crippen LogP contribution in [-0.2, 0) is 6.54 Å². The van der Waals surface area contributed by atoms with E-state index in [0.717, 1.165) is 30.4 Å². The number of halogens is 1. The van der Waals surface area contributed by atoms with Crippen LogP contribution in [0, 0.1) is 0 Å². The first-order chi connectivity index (χ1) is 9.24. The van der Waals surface area contributed by atoms with E-state index >= 15 is 0 Å². The van der Waals surface area contributed by atoms with Crippen molar-refractivity contribution >= 4 is 12.4 Å². The van der Waals surface area contributed by atoms with Crippen LogP contribution < -0.4 is 10.1 Å². The molecular formula is C16H25ClN2O. The average Bonchev–Trinajstić information content (AvgIpc) is 2.77. The number of ether oxygens (including phenoxy) is 1. The summed E-state index contributed by atoms with van der Waals surface area (Å²) in [5.41, 5.74) is 1.34. The standard InChI is InChI=1S/C16H24N2O.ClH/c1-18(11-12-4-3-5-16(8-12)19-2)15-9-13-6-7-14(10-15)17-13;/h3-5,8,13-15,17H,6-7,9-11H2,1-2H3;1H. The first kappa shape index (κ1) is 15.6. The van der Waals surface area contributed by atoms with Crippen LogP contribution in [0.3, 0.4) is 0 Å². The summed E-state index contributed by atoms with van der Waals surface area (Å²) in [6, 6.07) is 10.7. The van der Waals surface area contributed by atoms with E-state index in [2.05, 4.69) is 35.5 Å². The van der Waals surface area contributed by atoms with E-state index in [-0.39, 0.29) is 12.4 Å². The van der Waals surface area contributed by atoms with E-state index in [1.165, 1.54) is 31.2 Å². The molecule has 0 radical (unpaired) electrons. The minimum Gasteiger partial charge on any atom is -0.497 e. The van der Waals surface area contributed by atoms with Crippen molar-refractivity contribution < 1.29 is 4.74 Å². The molecule has 2 unspecified atom stereocenters. The second-order valence-electron chi connectivity index (χ2n) is 6.03. The second kappa shape index (κ2) is 6.79. The van der Waals surface area contributed by atoms with Crippen LogP contribution in [-0.4, -0.2) is 37.2 Å². The van der Waals surface area contributed by atoms with Crippen molar-refractivity contribution in [3.63, 3.8) is 0 Å². The molecule has 1 N–H and O–H groups in total. The minimum atomic E-state index is 0. The summed E-state index contributed by atoms with van der Waals surface area (Å²) in [5.74, 6) is 0.955. The molecule has 1 aromatic rings. The molecule has 3 rings (SSSR count). The van der Waals surface area contributed by atoms with Crippen molar-refractivity contribution in [1.29, 1.82) is 0 Å². The maximum Gasteiger partial charge on any atom is 0.119 e. The minimum absolute atomic E-state index is 0. The van der Waals surface area contributed by atoms with Gasteiger partial charge in [0.1, 0.15) is 5.75 Å². The van der Waals surface area contributed by atoms with Gasteiger partial charge in [0.15, 0.2) is 0 Å². The zero-order valence-corrected chi connectivity index (χ0v) is 13.2. The van der Waals surface area contributed by atoms with Gasteiger partial charge in [0.25, 0.3) is 0 Å². The van der Waals surface area contributed by atoms with Crippen LogP contribution in [0.1, 0.15) is 31.2 Å².